The molecule has 1 N–H and O–H groups in total. The predicted molar refractivity (Wildman–Crippen MR) is 69.8 cm³/mol. The Hall–Kier alpha value is -2.20. The lowest BCUT2D eigenvalue weighted by atomic mass is 10.2. The average molecular weight is 264 g/mol. The van der Waals surface area contributed by atoms with Gasteiger partial charge in [0.15, 0.2) is 0 Å². The van der Waals surface area contributed by atoms with Crippen LogP contribution in [0.1, 0.15) is 25.3 Å². The number of nitrogens with zero attached hydrogens (tertiary/aromatic N) is 3. The molecular weight excluding hydrogens is 248 g/mol. The first-order valence-corrected chi connectivity index (χ1v) is 6.05. The van der Waals surface area contributed by atoms with Gasteiger partial charge in [-0.3, -0.25) is 10.1 Å². The molecule has 0 saturated heterocycles. The molecule has 0 aromatic carbocycles. The van der Waals surface area contributed by atoms with Gasteiger partial charge in [0.05, 0.1) is 10.5 Å². The van der Waals surface area contributed by atoms with Gasteiger partial charge in [-0.25, -0.2) is 4.98 Å². The second-order valence-corrected chi connectivity index (χ2v) is 3.85. The molecule has 1 aromatic rings. The average Bonchev–Trinajstić information content (AvgIpc) is 2.42. The number of pyridine rings is 1. The van der Waals surface area contributed by atoms with Crippen LogP contribution < -0.4 is 5.32 Å². The van der Waals surface area contributed by atoms with E-state index in [1.165, 1.54) is 12.3 Å². The van der Waals surface area contributed by atoms with Crippen molar-refractivity contribution in [1.82, 2.24) is 4.98 Å². The molecule has 1 rings (SSSR count). The highest BCUT2D eigenvalue weighted by molar-refractivity contribution is 5.58. The Morgan fingerprint density at radius 2 is 2.37 bits per heavy atom. The molecule has 0 atom stereocenters. The lowest BCUT2D eigenvalue weighted by molar-refractivity contribution is -0.384. The molecule has 7 heteroatoms. The molecule has 7 nitrogen and oxygen atoms in total. The second kappa shape index (κ2) is 8.00. The summed E-state index contributed by atoms with van der Waals surface area (Å²) < 4.78 is 5.30. The smallest absolute Gasteiger partial charge is 0.312 e. The Balaban J connectivity index is 2.53. The fraction of sp³-hybridized carbons (Fsp3) is 0.500. The number of anilines is 1. The number of nitro groups is 1. The van der Waals surface area contributed by atoms with E-state index in [1.807, 2.05) is 13.0 Å². The van der Waals surface area contributed by atoms with Crippen LogP contribution in [-0.2, 0) is 4.74 Å². The summed E-state index contributed by atoms with van der Waals surface area (Å²) in [5.41, 5.74) is -0.0166. The standard InChI is InChI=1S/C12H16N4O3/c1-2-5-19-6-3-4-14-12-11(16(17)18)7-10(8-13)9-15-12/h7,9H,2-6H2,1H3,(H,14,15). The fourth-order valence-corrected chi connectivity index (χ4v) is 1.42. The van der Waals surface area contributed by atoms with Crippen LogP contribution in [0.5, 0.6) is 0 Å². The van der Waals surface area contributed by atoms with Crippen LogP contribution in [0.25, 0.3) is 0 Å². The van der Waals surface area contributed by atoms with Crippen LogP contribution in [0.15, 0.2) is 12.3 Å². The van der Waals surface area contributed by atoms with Gasteiger partial charge in [0.2, 0.25) is 5.82 Å². The van der Waals surface area contributed by atoms with Crippen molar-refractivity contribution in [2.45, 2.75) is 19.8 Å². The molecule has 0 fully saturated rings. The Bertz CT molecular complexity index is 471. The van der Waals surface area contributed by atoms with Gasteiger partial charge in [-0.05, 0) is 12.8 Å². The second-order valence-electron chi connectivity index (χ2n) is 3.85. The zero-order valence-corrected chi connectivity index (χ0v) is 10.8. The maximum absolute atomic E-state index is 10.9. The number of rotatable bonds is 8. The van der Waals surface area contributed by atoms with Gasteiger partial charge < -0.3 is 10.1 Å². The van der Waals surface area contributed by atoms with E-state index in [9.17, 15) is 10.1 Å². The van der Waals surface area contributed by atoms with Gasteiger partial charge in [-0.15, -0.1) is 0 Å². The van der Waals surface area contributed by atoms with Crippen molar-refractivity contribution < 1.29 is 9.66 Å². The number of aromatic nitrogens is 1. The molecule has 0 amide bonds. The van der Waals surface area contributed by atoms with E-state index >= 15 is 0 Å². The minimum atomic E-state index is -0.552. The minimum absolute atomic E-state index is 0.170. The zero-order chi connectivity index (χ0) is 14.1. The van der Waals surface area contributed by atoms with Crippen LogP contribution in [-0.4, -0.2) is 29.7 Å². The van der Waals surface area contributed by atoms with Crippen LogP contribution in [0, 0.1) is 21.4 Å². The van der Waals surface area contributed by atoms with Crippen LogP contribution >= 0.6 is 0 Å². The van der Waals surface area contributed by atoms with Gasteiger partial charge in [0, 0.05) is 32.0 Å². The number of ether oxygens (including phenoxy) is 1. The molecule has 0 saturated carbocycles. The van der Waals surface area contributed by atoms with Crippen molar-refractivity contribution in [3.05, 3.63) is 27.9 Å². The Kier molecular flexibility index (Phi) is 6.26. The van der Waals surface area contributed by atoms with Gasteiger partial charge in [-0.2, -0.15) is 5.26 Å². The number of hydrogen-bond donors (Lipinski definition) is 1. The van der Waals surface area contributed by atoms with Gasteiger partial charge >= 0.3 is 5.69 Å². The molecule has 0 aliphatic heterocycles. The zero-order valence-electron chi connectivity index (χ0n) is 10.8. The van der Waals surface area contributed by atoms with Crippen LogP contribution in [0.2, 0.25) is 0 Å². The van der Waals surface area contributed by atoms with E-state index in [0.717, 1.165) is 19.4 Å². The molecule has 0 unspecified atom stereocenters. The molecule has 19 heavy (non-hydrogen) atoms. The SMILES string of the molecule is CCCOCCCNc1ncc(C#N)cc1[N+](=O)[O-]. The summed E-state index contributed by atoms with van der Waals surface area (Å²) in [6.45, 7) is 3.88. The van der Waals surface area contributed by atoms with E-state index in [-0.39, 0.29) is 17.1 Å². The van der Waals surface area contributed by atoms with Gasteiger partial charge in [-0.1, -0.05) is 6.92 Å². The first-order valence-electron chi connectivity index (χ1n) is 6.05. The Labute approximate surface area is 111 Å². The van der Waals surface area contributed by atoms with Crippen LogP contribution in [0.4, 0.5) is 11.5 Å². The molecule has 1 aromatic heterocycles. The minimum Gasteiger partial charge on any atom is -0.381 e. The monoisotopic (exact) mass is 264 g/mol. The number of nitrogens with one attached hydrogen (secondary N) is 1. The van der Waals surface area contributed by atoms with E-state index in [1.54, 1.807) is 0 Å². The Morgan fingerprint density at radius 1 is 1.58 bits per heavy atom. The maximum atomic E-state index is 10.9. The highest BCUT2D eigenvalue weighted by Crippen LogP contribution is 2.22. The van der Waals surface area contributed by atoms with Crippen molar-refractivity contribution in [2.24, 2.45) is 0 Å². The number of nitriles is 1. The summed E-state index contributed by atoms with van der Waals surface area (Å²) in [4.78, 5) is 14.2. The first kappa shape index (κ1) is 14.9. The van der Waals surface area contributed by atoms with E-state index in [4.69, 9.17) is 10.00 Å². The van der Waals surface area contributed by atoms with Crippen molar-refractivity contribution in [3.8, 4) is 6.07 Å². The van der Waals surface area contributed by atoms with Crippen molar-refractivity contribution >= 4 is 11.5 Å². The molecule has 0 bridgehead atoms. The third-order valence-corrected chi connectivity index (χ3v) is 2.30. The third kappa shape index (κ3) is 4.89. The van der Waals surface area contributed by atoms with Crippen LogP contribution in [0.3, 0.4) is 0 Å². The number of hydrogen-bond acceptors (Lipinski definition) is 6. The summed E-state index contributed by atoms with van der Waals surface area (Å²) in [7, 11) is 0. The van der Waals surface area contributed by atoms with E-state index in [2.05, 4.69) is 10.3 Å². The highest BCUT2D eigenvalue weighted by Gasteiger charge is 2.15. The summed E-state index contributed by atoms with van der Waals surface area (Å²) in [6.07, 6.45) is 3.01. The van der Waals surface area contributed by atoms with Crippen molar-refractivity contribution in [2.75, 3.05) is 25.1 Å². The highest BCUT2D eigenvalue weighted by atomic mass is 16.6. The molecule has 0 radical (unpaired) electrons. The lowest BCUT2D eigenvalue weighted by Gasteiger charge is -2.06. The Morgan fingerprint density at radius 3 is 3.00 bits per heavy atom. The molecule has 0 aliphatic carbocycles. The molecule has 0 aliphatic rings. The van der Waals surface area contributed by atoms with Crippen molar-refractivity contribution in [1.29, 1.82) is 5.26 Å². The summed E-state index contributed by atoms with van der Waals surface area (Å²) in [6, 6.07) is 3.04. The van der Waals surface area contributed by atoms with E-state index in [0.29, 0.717) is 13.2 Å². The summed E-state index contributed by atoms with van der Waals surface area (Å²) in [5.74, 6) is 0.180. The summed E-state index contributed by atoms with van der Waals surface area (Å²) >= 11 is 0. The van der Waals surface area contributed by atoms with E-state index < -0.39 is 4.92 Å². The maximum Gasteiger partial charge on any atom is 0.312 e. The van der Waals surface area contributed by atoms with Gasteiger partial charge in [0.25, 0.3) is 0 Å². The normalized spacial score (nSPS) is 9.89. The summed E-state index contributed by atoms with van der Waals surface area (Å²) in [5, 5.41) is 22.4. The van der Waals surface area contributed by atoms with Gasteiger partial charge in [0.1, 0.15) is 6.07 Å². The molecule has 1 heterocycles. The third-order valence-electron chi connectivity index (χ3n) is 2.30. The fourth-order valence-electron chi connectivity index (χ4n) is 1.42. The molecule has 102 valence electrons. The lowest BCUT2D eigenvalue weighted by Crippen LogP contribution is -2.09. The topological polar surface area (TPSA) is 101 Å². The quantitative estimate of drug-likeness (QED) is 0.438. The largest absolute Gasteiger partial charge is 0.381 e. The predicted octanol–water partition coefficient (Wildman–Crippen LogP) is 2.09. The molecule has 0 spiro atoms. The first-order chi connectivity index (χ1) is 9.19. The molecular formula is C12H16N4O3. The van der Waals surface area contributed by atoms with Crippen molar-refractivity contribution in [3.63, 3.8) is 0 Å².